The van der Waals surface area contributed by atoms with Crippen LogP contribution in [0.3, 0.4) is 0 Å². The first-order chi connectivity index (χ1) is 15.6. The number of aliphatic hydroxyl groups is 1. The molecule has 3 unspecified atom stereocenters. The van der Waals surface area contributed by atoms with Gasteiger partial charge in [0.1, 0.15) is 24.7 Å². The molecule has 0 aromatic carbocycles. The third kappa shape index (κ3) is 5.94. The number of aliphatic hydroxyl groups excluding tert-OH is 1. The highest BCUT2D eigenvalue weighted by atomic mass is 16.6. The number of nitrogens with one attached hydrogen (secondary N) is 1. The monoisotopic (exact) mass is 446 g/mol. The van der Waals surface area contributed by atoms with Gasteiger partial charge in [-0.05, 0) is 44.7 Å². The van der Waals surface area contributed by atoms with Crippen LogP contribution in [-0.4, -0.2) is 74.1 Å². The Morgan fingerprint density at radius 1 is 1.22 bits per heavy atom. The van der Waals surface area contributed by atoms with Crippen molar-refractivity contribution in [2.75, 3.05) is 40.0 Å². The summed E-state index contributed by atoms with van der Waals surface area (Å²) in [7, 11) is 1.70. The van der Waals surface area contributed by atoms with Gasteiger partial charge < -0.3 is 29.5 Å². The largest absolute Gasteiger partial charge is 0.491 e. The minimum atomic E-state index is -0.608. The molecule has 2 aliphatic carbocycles. The molecule has 1 fully saturated rings. The molecule has 32 heavy (non-hydrogen) atoms. The fourth-order valence-corrected chi connectivity index (χ4v) is 5.36. The van der Waals surface area contributed by atoms with E-state index in [1.165, 1.54) is 12.8 Å². The first-order valence-corrected chi connectivity index (χ1v) is 12.2. The van der Waals surface area contributed by atoms with Crippen LogP contribution in [0, 0.1) is 11.8 Å². The summed E-state index contributed by atoms with van der Waals surface area (Å²) in [6.45, 7) is 3.94. The van der Waals surface area contributed by atoms with Crippen LogP contribution >= 0.6 is 0 Å². The van der Waals surface area contributed by atoms with Crippen LogP contribution in [0.5, 0.6) is 0 Å². The van der Waals surface area contributed by atoms with Gasteiger partial charge in [-0.2, -0.15) is 0 Å². The molecule has 0 radical (unpaired) electrons. The molecular formula is C25H38N2O5. The normalized spacial score (nSPS) is 29.8. The topological polar surface area (TPSA) is 80.3 Å². The number of carbonyl (C=O) groups is 1. The molecule has 5 atom stereocenters. The van der Waals surface area contributed by atoms with E-state index < -0.39 is 6.10 Å². The molecule has 0 saturated carbocycles. The number of hydrogen-bond donors (Lipinski definition) is 2. The first kappa shape index (κ1) is 23.3. The van der Waals surface area contributed by atoms with Gasteiger partial charge in [-0.1, -0.05) is 24.3 Å². The van der Waals surface area contributed by atoms with Crippen LogP contribution in [0.2, 0.25) is 0 Å². The number of hydrogen-bond acceptors (Lipinski definition) is 6. The zero-order valence-electron chi connectivity index (χ0n) is 19.2. The zero-order chi connectivity index (χ0) is 22.3. The van der Waals surface area contributed by atoms with Crippen molar-refractivity contribution in [3.8, 4) is 0 Å². The maximum Gasteiger partial charge on any atom is 0.220 e. The molecule has 2 heterocycles. The molecule has 0 aromatic heterocycles. The third-order valence-corrected chi connectivity index (χ3v) is 7.20. The van der Waals surface area contributed by atoms with Gasteiger partial charge in [0.2, 0.25) is 5.91 Å². The Bertz CT molecular complexity index is 728. The lowest BCUT2D eigenvalue weighted by atomic mass is 9.83. The lowest BCUT2D eigenvalue weighted by Gasteiger charge is -2.37. The van der Waals surface area contributed by atoms with E-state index in [1.807, 2.05) is 18.2 Å². The fraction of sp³-hybridized carbons (Fsp3) is 0.720. The van der Waals surface area contributed by atoms with Crippen LogP contribution in [0.1, 0.15) is 44.9 Å². The minimum absolute atomic E-state index is 0.000910. The van der Waals surface area contributed by atoms with Crippen molar-refractivity contribution in [3.63, 3.8) is 0 Å². The molecule has 4 rings (SSSR count). The Balaban J connectivity index is 1.35. The van der Waals surface area contributed by atoms with Crippen molar-refractivity contribution < 1.29 is 24.1 Å². The van der Waals surface area contributed by atoms with Gasteiger partial charge in [-0.3, -0.25) is 4.79 Å². The second kappa shape index (κ2) is 11.3. The Kier molecular flexibility index (Phi) is 8.27. The number of methoxy groups -OCH3 is 1. The molecule has 0 aromatic rings. The van der Waals surface area contributed by atoms with E-state index >= 15 is 0 Å². The molecule has 2 N–H and O–H groups in total. The summed E-state index contributed by atoms with van der Waals surface area (Å²) >= 11 is 0. The molecule has 7 heteroatoms. The van der Waals surface area contributed by atoms with E-state index in [0.717, 1.165) is 43.9 Å². The summed E-state index contributed by atoms with van der Waals surface area (Å²) < 4.78 is 17.1. The smallest absolute Gasteiger partial charge is 0.220 e. The summed E-state index contributed by atoms with van der Waals surface area (Å²) in [5, 5.41) is 14.5. The molecule has 1 saturated heterocycles. The summed E-state index contributed by atoms with van der Waals surface area (Å²) in [4.78, 5) is 15.3. The lowest BCUT2D eigenvalue weighted by molar-refractivity contribution is -0.123. The summed E-state index contributed by atoms with van der Waals surface area (Å²) in [6, 6.07) is -0.280. The van der Waals surface area contributed by atoms with E-state index in [-0.39, 0.29) is 29.9 Å². The highest BCUT2D eigenvalue weighted by Gasteiger charge is 2.36. The maximum atomic E-state index is 12.9. The van der Waals surface area contributed by atoms with Crippen molar-refractivity contribution in [1.82, 2.24) is 10.2 Å². The van der Waals surface area contributed by atoms with E-state index in [1.54, 1.807) is 7.11 Å². The number of likely N-dealkylation sites (tertiary alicyclic amines) is 1. The number of nitrogens with zero attached hydrogens (tertiary/aromatic N) is 1. The van der Waals surface area contributed by atoms with Crippen molar-refractivity contribution in [1.29, 1.82) is 0 Å². The van der Waals surface area contributed by atoms with E-state index in [0.29, 0.717) is 32.6 Å². The fourth-order valence-electron chi connectivity index (χ4n) is 5.36. The number of carbonyl (C=O) groups excluding carboxylic acids is 1. The van der Waals surface area contributed by atoms with E-state index in [4.69, 9.17) is 14.2 Å². The van der Waals surface area contributed by atoms with Crippen molar-refractivity contribution in [2.24, 2.45) is 11.8 Å². The molecule has 178 valence electrons. The van der Waals surface area contributed by atoms with E-state index in [2.05, 4.69) is 16.3 Å². The van der Waals surface area contributed by atoms with Crippen molar-refractivity contribution in [3.05, 3.63) is 35.8 Å². The predicted octanol–water partition coefficient (Wildman–Crippen LogP) is 2.52. The Morgan fingerprint density at radius 3 is 2.75 bits per heavy atom. The Hall–Kier alpha value is -1.83. The zero-order valence-corrected chi connectivity index (χ0v) is 19.2. The van der Waals surface area contributed by atoms with Gasteiger partial charge >= 0.3 is 0 Å². The average Bonchev–Trinajstić information content (AvgIpc) is 3.35. The standard InChI is InChI=1S/C25H38N2O5/c1-30-21-7-3-2-6-18(21)9-11-24(28)26-20(17-27-12-4-5-13-27)25(29)19-8-10-22-23(16-19)32-15-14-31-22/h2-3,6-7,18-21,25,29H,4-5,8-17H2,1H3,(H,26,28)/t18?,19?,20-,21?,25-/m1/s1. The molecule has 4 aliphatic rings. The third-order valence-electron chi connectivity index (χ3n) is 7.20. The molecule has 0 bridgehead atoms. The molecule has 2 aliphatic heterocycles. The molecular weight excluding hydrogens is 408 g/mol. The number of amides is 1. The highest BCUT2D eigenvalue weighted by molar-refractivity contribution is 5.76. The second-order valence-electron chi connectivity index (χ2n) is 9.39. The quantitative estimate of drug-likeness (QED) is 0.567. The first-order valence-electron chi connectivity index (χ1n) is 12.2. The van der Waals surface area contributed by atoms with Gasteiger partial charge in [0.05, 0.1) is 18.2 Å². The minimum Gasteiger partial charge on any atom is -0.491 e. The summed E-state index contributed by atoms with van der Waals surface area (Å²) in [6.07, 6.45) is 13.4. The Morgan fingerprint density at radius 2 is 1.97 bits per heavy atom. The van der Waals surface area contributed by atoms with Gasteiger partial charge in [-0.25, -0.2) is 0 Å². The maximum absolute atomic E-state index is 12.9. The van der Waals surface area contributed by atoms with Gasteiger partial charge in [-0.15, -0.1) is 0 Å². The molecule has 0 spiro atoms. The number of ether oxygens (including phenoxy) is 3. The predicted molar refractivity (Wildman–Crippen MR) is 122 cm³/mol. The van der Waals surface area contributed by atoms with Gasteiger partial charge in [0.25, 0.3) is 0 Å². The molecule has 7 nitrogen and oxygen atoms in total. The Labute approximate surface area is 191 Å². The van der Waals surface area contributed by atoms with E-state index in [9.17, 15) is 9.90 Å². The van der Waals surface area contributed by atoms with Crippen LogP contribution in [0.15, 0.2) is 35.8 Å². The number of rotatable bonds is 9. The highest BCUT2D eigenvalue weighted by Crippen LogP contribution is 2.35. The van der Waals surface area contributed by atoms with Gasteiger partial charge in [0, 0.05) is 38.8 Å². The van der Waals surface area contributed by atoms with Gasteiger partial charge in [0.15, 0.2) is 0 Å². The van der Waals surface area contributed by atoms with Crippen LogP contribution in [-0.2, 0) is 19.0 Å². The number of allylic oxidation sites excluding steroid dienone is 4. The van der Waals surface area contributed by atoms with Crippen molar-refractivity contribution in [2.45, 2.75) is 63.2 Å². The SMILES string of the molecule is COC1C=CC=CC1CCC(=O)N[C@H](CN1CCCC1)[C@H](O)C1CCC2=C(C1)OCCO2. The van der Waals surface area contributed by atoms with Crippen LogP contribution in [0.4, 0.5) is 0 Å². The lowest BCUT2D eigenvalue weighted by Crippen LogP contribution is -2.52. The summed E-state index contributed by atoms with van der Waals surface area (Å²) in [5.41, 5.74) is 0. The summed E-state index contributed by atoms with van der Waals surface area (Å²) in [5.74, 6) is 2.10. The van der Waals surface area contributed by atoms with Crippen LogP contribution < -0.4 is 5.32 Å². The molecule has 1 amide bonds. The second-order valence-corrected chi connectivity index (χ2v) is 9.39. The van der Waals surface area contributed by atoms with Crippen LogP contribution in [0.25, 0.3) is 0 Å². The van der Waals surface area contributed by atoms with Crippen molar-refractivity contribution >= 4 is 5.91 Å². The average molecular weight is 447 g/mol.